The van der Waals surface area contributed by atoms with Gasteiger partial charge in [0.25, 0.3) is 0 Å². The minimum absolute atomic E-state index is 0.101. The van der Waals surface area contributed by atoms with Gasteiger partial charge in [-0.1, -0.05) is 91.2 Å². The maximum atomic E-state index is 14.2. The van der Waals surface area contributed by atoms with Gasteiger partial charge in [-0.05, 0) is 36.6 Å². The van der Waals surface area contributed by atoms with Gasteiger partial charge >= 0.3 is 0 Å². The van der Waals surface area contributed by atoms with E-state index in [0.29, 0.717) is 30.1 Å². The Labute approximate surface area is 228 Å². The number of amides is 2. The molecule has 37 heavy (non-hydrogen) atoms. The van der Waals surface area contributed by atoms with Gasteiger partial charge in [-0.2, -0.15) is 0 Å². The zero-order valence-electron chi connectivity index (χ0n) is 21.4. The van der Waals surface area contributed by atoms with E-state index < -0.39 is 6.04 Å². The molecule has 1 unspecified atom stereocenters. The maximum absolute atomic E-state index is 14.2. The number of nitrogens with zero attached hydrogens (tertiary/aromatic N) is 1. The molecule has 0 radical (unpaired) electrons. The summed E-state index contributed by atoms with van der Waals surface area (Å²) in [7, 11) is 0. The average Bonchev–Trinajstić information content (AvgIpc) is 2.88. The van der Waals surface area contributed by atoms with Crippen LogP contribution in [-0.2, 0) is 28.3 Å². The normalized spacial score (nSPS) is 11.7. The molecule has 0 aliphatic heterocycles. The molecule has 0 spiro atoms. The van der Waals surface area contributed by atoms with Crippen LogP contribution in [0.5, 0.6) is 0 Å². The van der Waals surface area contributed by atoms with Crippen molar-refractivity contribution in [1.82, 2.24) is 10.2 Å². The average molecular weight is 541 g/mol. The van der Waals surface area contributed by atoms with Crippen molar-refractivity contribution >= 4 is 35.2 Å². The van der Waals surface area contributed by atoms with Gasteiger partial charge in [0, 0.05) is 35.8 Å². The van der Waals surface area contributed by atoms with Crippen LogP contribution < -0.4 is 5.32 Å². The van der Waals surface area contributed by atoms with Crippen molar-refractivity contribution < 1.29 is 14.0 Å². The summed E-state index contributed by atoms with van der Waals surface area (Å²) in [6, 6.07) is 21.6. The van der Waals surface area contributed by atoms with Gasteiger partial charge in [0.1, 0.15) is 11.9 Å². The van der Waals surface area contributed by atoms with E-state index in [0.717, 1.165) is 29.5 Å². The van der Waals surface area contributed by atoms with E-state index in [1.165, 1.54) is 17.8 Å². The highest BCUT2D eigenvalue weighted by Crippen LogP contribution is 2.25. The summed E-state index contributed by atoms with van der Waals surface area (Å²) in [5, 5.41) is 3.37. The van der Waals surface area contributed by atoms with Gasteiger partial charge < -0.3 is 10.2 Å². The van der Waals surface area contributed by atoms with Crippen LogP contribution in [0.1, 0.15) is 42.0 Å². The first-order chi connectivity index (χ1) is 17.9. The lowest BCUT2D eigenvalue weighted by molar-refractivity contribution is -0.139. The second kappa shape index (κ2) is 14.8. The molecule has 196 valence electrons. The third-order valence-corrected chi connectivity index (χ3v) is 7.37. The number of carbonyl (C=O) groups is 2. The Morgan fingerprint density at radius 2 is 1.76 bits per heavy atom. The van der Waals surface area contributed by atoms with E-state index in [9.17, 15) is 14.0 Å². The summed E-state index contributed by atoms with van der Waals surface area (Å²) in [5.74, 6) is -0.363. The lowest BCUT2D eigenvalue weighted by atomic mass is 10.0. The number of benzene rings is 3. The summed E-state index contributed by atoms with van der Waals surface area (Å²) in [6.45, 7) is 4.94. The Kier molecular flexibility index (Phi) is 11.5. The molecule has 4 nitrogen and oxygen atoms in total. The smallest absolute Gasteiger partial charge is 0.243 e. The van der Waals surface area contributed by atoms with Crippen molar-refractivity contribution in [2.45, 2.75) is 51.4 Å². The second-order valence-electron chi connectivity index (χ2n) is 9.05. The zero-order valence-corrected chi connectivity index (χ0v) is 23.0. The lowest BCUT2D eigenvalue weighted by Crippen LogP contribution is -2.51. The molecule has 2 amide bonds. The summed E-state index contributed by atoms with van der Waals surface area (Å²) in [5.41, 5.74) is 3.40. The van der Waals surface area contributed by atoms with Gasteiger partial charge in [0.15, 0.2) is 0 Å². The molecule has 0 heterocycles. The van der Waals surface area contributed by atoms with Crippen LogP contribution in [0.3, 0.4) is 0 Å². The minimum atomic E-state index is -0.676. The molecule has 0 aliphatic rings. The standard InChI is InChI=1S/C30H34ClFN2O2S/c1-3-4-16-33-30(36)28(18-23-11-6-5-7-12-23)34(19-24-13-8-10-22(2)17-24)29(35)21-37-20-25-26(31)14-9-15-27(25)32/h5-15,17,28H,3-4,16,18-21H2,1-2H3,(H,33,36). The zero-order chi connectivity index (χ0) is 26.6. The van der Waals surface area contributed by atoms with Crippen molar-refractivity contribution in [2.75, 3.05) is 12.3 Å². The summed E-state index contributed by atoms with van der Waals surface area (Å²) < 4.78 is 14.2. The van der Waals surface area contributed by atoms with E-state index in [4.69, 9.17) is 11.6 Å². The monoisotopic (exact) mass is 540 g/mol. The fraction of sp³-hybridized carbons (Fsp3) is 0.333. The molecule has 0 saturated heterocycles. The van der Waals surface area contributed by atoms with Crippen LogP contribution in [-0.4, -0.2) is 35.1 Å². The van der Waals surface area contributed by atoms with Gasteiger partial charge in [-0.3, -0.25) is 9.59 Å². The van der Waals surface area contributed by atoms with Gasteiger partial charge in [-0.15, -0.1) is 11.8 Å². The number of hydrogen-bond donors (Lipinski definition) is 1. The summed E-state index contributed by atoms with van der Waals surface area (Å²) in [4.78, 5) is 28.8. The Bertz CT molecular complexity index is 1160. The van der Waals surface area contributed by atoms with E-state index in [1.807, 2.05) is 61.5 Å². The van der Waals surface area contributed by atoms with Gasteiger partial charge in [0.05, 0.1) is 5.75 Å². The van der Waals surface area contributed by atoms with Gasteiger partial charge in [0.2, 0.25) is 11.8 Å². The Morgan fingerprint density at radius 3 is 2.46 bits per heavy atom. The molecule has 1 atom stereocenters. The number of hydrogen-bond acceptors (Lipinski definition) is 3. The Morgan fingerprint density at radius 1 is 1.03 bits per heavy atom. The minimum Gasteiger partial charge on any atom is -0.354 e. The molecule has 0 aromatic heterocycles. The summed E-state index contributed by atoms with van der Waals surface area (Å²) in [6.07, 6.45) is 2.24. The van der Waals surface area contributed by atoms with E-state index >= 15 is 0 Å². The van der Waals surface area contributed by atoms with E-state index in [1.54, 1.807) is 17.0 Å². The van der Waals surface area contributed by atoms with E-state index in [2.05, 4.69) is 12.2 Å². The second-order valence-corrected chi connectivity index (χ2v) is 10.4. The molecule has 0 fully saturated rings. The lowest BCUT2D eigenvalue weighted by Gasteiger charge is -2.31. The predicted octanol–water partition coefficient (Wildman–Crippen LogP) is 6.58. The van der Waals surface area contributed by atoms with Crippen LogP contribution in [0.15, 0.2) is 72.8 Å². The van der Waals surface area contributed by atoms with Crippen molar-refractivity contribution in [3.05, 3.63) is 106 Å². The fourth-order valence-electron chi connectivity index (χ4n) is 4.06. The Balaban J connectivity index is 1.85. The van der Waals surface area contributed by atoms with Crippen LogP contribution in [0, 0.1) is 12.7 Å². The van der Waals surface area contributed by atoms with E-state index in [-0.39, 0.29) is 29.1 Å². The van der Waals surface area contributed by atoms with Crippen LogP contribution >= 0.6 is 23.4 Å². The van der Waals surface area contributed by atoms with Crippen molar-refractivity contribution in [3.63, 3.8) is 0 Å². The fourth-order valence-corrected chi connectivity index (χ4v) is 5.31. The largest absolute Gasteiger partial charge is 0.354 e. The number of thioether (sulfide) groups is 1. The molecule has 1 N–H and O–H groups in total. The van der Waals surface area contributed by atoms with Crippen molar-refractivity contribution in [3.8, 4) is 0 Å². The number of aryl methyl sites for hydroxylation is 1. The molecule has 0 saturated carbocycles. The Hall–Kier alpha value is -2.83. The molecule has 0 aliphatic carbocycles. The molecule has 3 rings (SSSR count). The highest BCUT2D eigenvalue weighted by atomic mass is 35.5. The first-order valence-corrected chi connectivity index (χ1v) is 14.1. The third-order valence-electron chi connectivity index (χ3n) is 6.07. The molecule has 7 heteroatoms. The molecule has 3 aromatic rings. The third kappa shape index (κ3) is 8.90. The topological polar surface area (TPSA) is 49.4 Å². The maximum Gasteiger partial charge on any atom is 0.243 e. The number of halogens is 2. The number of unbranched alkanes of at least 4 members (excludes halogenated alkanes) is 1. The first-order valence-electron chi connectivity index (χ1n) is 12.6. The molecule has 0 bridgehead atoms. The van der Waals surface area contributed by atoms with Crippen LogP contribution in [0.2, 0.25) is 5.02 Å². The van der Waals surface area contributed by atoms with Crippen LogP contribution in [0.25, 0.3) is 0 Å². The SMILES string of the molecule is CCCCNC(=O)C(Cc1ccccc1)N(Cc1cccc(C)c1)C(=O)CSCc1c(F)cccc1Cl. The number of nitrogens with one attached hydrogen (secondary N) is 1. The van der Waals surface area contributed by atoms with Crippen molar-refractivity contribution in [1.29, 1.82) is 0 Å². The molecular formula is C30H34ClFN2O2S. The highest BCUT2D eigenvalue weighted by molar-refractivity contribution is 7.99. The quantitative estimate of drug-likeness (QED) is 0.249. The molecule has 3 aromatic carbocycles. The summed E-state index contributed by atoms with van der Waals surface area (Å²) >= 11 is 7.46. The number of rotatable bonds is 13. The first kappa shape index (κ1) is 28.7. The molecular weight excluding hydrogens is 507 g/mol. The highest BCUT2D eigenvalue weighted by Gasteiger charge is 2.30. The van der Waals surface area contributed by atoms with Crippen LogP contribution in [0.4, 0.5) is 4.39 Å². The predicted molar refractivity (Wildman–Crippen MR) is 151 cm³/mol. The van der Waals surface area contributed by atoms with Crippen molar-refractivity contribution in [2.24, 2.45) is 0 Å². The van der Waals surface area contributed by atoms with Gasteiger partial charge in [-0.25, -0.2) is 4.39 Å². The number of carbonyl (C=O) groups excluding carboxylic acids is 2.